The number of thiophene rings is 1. The molecule has 0 spiro atoms. The summed E-state index contributed by atoms with van der Waals surface area (Å²) < 4.78 is 5.67. The topological polar surface area (TPSA) is 46.5 Å². The quantitative estimate of drug-likeness (QED) is 0.625. The van der Waals surface area contributed by atoms with Crippen molar-refractivity contribution in [1.29, 1.82) is 0 Å². The number of hydrogen-bond acceptors (Lipinski definition) is 3. The van der Waals surface area contributed by atoms with Crippen LogP contribution >= 0.6 is 11.3 Å². The molecule has 20 heavy (non-hydrogen) atoms. The minimum atomic E-state index is -0.946. The van der Waals surface area contributed by atoms with E-state index in [4.69, 9.17) is 9.84 Å². The number of aliphatic carboxylic acids is 1. The lowest BCUT2D eigenvalue weighted by atomic mass is 10.1. The molecule has 3 nitrogen and oxygen atoms in total. The summed E-state index contributed by atoms with van der Waals surface area (Å²) in [5, 5.41) is 10.7. The Labute approximate surface area is 122 Å². The first-order chi connectivity index (χ1) is 9.75. The number of carboxylic acids is 1. The van der Waals surface area contributed by atoms with Crippen molar-refractivity contribution in [3.05, 3.63) is 63.9 Å². The molecule has 2 rings (SSSR count). The Morgan fingerprint density at radius 3 is 2.85 bits per heavy atom. The summed E-state index contributed by atoms with van der Waals surface area (Å²) in [6, 6.07) is 11.8. The van der Waals surface area contributed by atoms with E-state index in [9.17, 15) is 4.79 Å². The minimum Gasteiger partial charge on any atom is -0.478 e. The molecule has 0 saturated heterocycles. The molecule has 0 saturated carbocycles. The average molecular weight is 288 g/mol. The van der Waals surface area contributed by atoms with Crippen molar-refractivity contribution in [2.45, 2.75) is 13.0 Å². The lowest BCUT2D eigenvalue weighted by Crippen LogP contribution is -1.99. The van der Waals surface area contributed by atoms with Gasteiger partial charge < -0.3 is 9.84 Å². The van der Waals surface area contributed by atoms with Crippen molar-refractivity contribution in [1.82, 2.24) is 0 Å². The third-order valence-corrected chi connectivity index (χ3v) is 3.73. The molecule has 0 unspecified atom stereocenters. The summed E-state index contributed by atoms with van der Waals surface area (Å²) in [7, 11) is 0. The Kier molecular flexibility index (Phi) is 5.53. The standard InChI is InChI=1S/C16H16O3S/c17-16(18)8-7-13-4-1-2-5-14(13)12-19-10-9-15-6-3-11-20-15/h1-8,11H,9-10,12H2,(H,17,18). The Bertz CT molecular complexity index is 573. The zero-order chi connectivity index (χ0) is 14.2. The van der Waals surface area contributed by atoms with Crippen LogP contribution in [-0.4, -0.2) is 17.7 Å². The van der Waals surface area contributed by atoms with Gasteiger partial charge in [-0.3, -0.25) is 0 Å². The molecule has 1 heterocycles. The number of carbonyl (C=O) groups is 1. The molecule has 0 aliphatic heterocycles. The van der Waals surface area contributed by atoms with Crippen LogP contribution in [0.15, 0.2) is 47.9 Å². The maximum Gasteiger partial charge on any atom is 0.328 e. The zero-order valence-electron chi connectivity index (χ0n) is 11.0. The van der Waals surface area contributed by atoms with Crippen LogP contribution in [0, 0.1) is 0 Å². The van der Waals surface area contributed by atoms with Gasteiger partial charge in [0.05, 0.1) is 13.2 Å². The van der Waals surface area contributed by atoms with Crippen LogP contribution in [0.2, 0.25) is 0 Å². The largest absolute Gasteiger partial charge is 0.478 e. The molecular formula is C16H16O3S. The molecule has 0 amide bonds. The first kappa shape index (κ1) is 14.5. The number of ether oxygens (including phenoxy) is 1. The number of hydrogen-bond donors (Lipinski definition) is 1. The molecule has 1 aromatic heterocycles. The maximum absolute atomic E-state index is 10.6. The van der Waals surface area contributed by atoms with Crippen LogP contribution in [0.4, 0.5) is 0 Å². The normalized spacial score (nSPS) is 11.0. The third-order valence-electron chi connectivity index (χ3n) is 2.79. The van der Waals surface area contributed by atoms with Crippen LogP contribution in [0.3, 0.4) is 0 Å². The zero-order valence-corrected chi connectivity index (χ0v) is 11.8. The Hall–Kier alpha value is -1.91. The van der Waals surface area contributed by atoms with Crippen molar-refractivity contribution >= 4 is 23.4 Å². The fraction of sp³-hybridized carbons (Fsp3) is 0.188. The molecule has 1 aromatic carbocycles. The first-order valence-corrected chi connectivity index (χ1v) is 7.23. The van der Waals surface area contributed by atoms with Crippen molar-refractivity contribution in [2.24, 2.45) is 0 Å². The van der Waals surface area contributed by atoms with Gasteiger partial charge in [0.2, 0.25) is 0 Å². The fourth-order valence-electron chi connectivity index (χ4n) is 1.80. The second kappa shape index (κ2) is 7.62. The lowest BCUT2D eigenvalue weighted by Gasteiger charge is -2.07. The molecule has 2 aromatic rings. The van der Waals surface area contributed by atoms with E-state index in [1.807, 2.05) is 30.3 Å². The second-order valence-corrected chi connectivity index (χ2v) is 5.28. The van der Waals surface area contributed by atoms with E-state index in [1.165, 1.54) is 4.88 Å². The van der Waals surface area contributed by atoms with Crippen LogP contribution in [0.25, 0.3) is 6.08 Å². The Morgan fingerprint density at radius 1 is 1.25 bits per heavy atom. The molecule has 0 fully saturated rings. The number of benzene rings is 1. The maximum atomic E-state index is 10.6. The molecule has 4 heteroatoms. The van der Waals surface area contributed by atoms with Gasteiger partial charge in [0.25, 0.3) is 0 Å². The number of carboxylic acid groups (broad SMARTS) is 1. The summed E-state index contributed by atoms with van der Waals surface area (Å²) in [6.07, 6.45) is 3.65. The predicted molar refractivity (Wildman–Crippen MR) is 80.8 cm³/mol. The summed E-state index contributed by atoms with van der Waals surface area (Å²) >= 11 is 1.73. The average Bonchev–Trinajstić information content (AvgIpc) is 2.95. The smallest absolute Gasteiger partial charge is 0.328 e. The highest BCUT2D eigenvalue weighted by Gasteiger charge is 2.00. The number of rotatable bonds is 7. The van der Waals surface area contributed by atoms with Crippen molar-refractivity contribution < 1.29 is 14.6 Å². The first-order valence-electron chi connectivity index (χ1n) is 6.35. The highest BCUT2D eigenvalue weighted by atomic mass is 32.1. The van der Waals surface area contributed by atoms with Gasteiger partial charge in [-0.15, -0.1) is 11.3 Å². The Morgan fingerprint density at radius 2 is 2.10 bits per heavy atom. The summed E-state index contributed by atoms with van der Waals surface area (Å²) in [5.41, 5.74) is 1.88. The molecule has 0 atom stereocenters. The van der Waals surface area contributed by atoms with Gasteiger partial charge in [0.1, 0.15) is 0 Å². The summed E-state index contributed by atoms with van der Waals surface area (Å²) in [5.74, 6) is -0.946. The van der Waals surface area contributed by atoms with E-state index in [0.717, 1.165) is 23.6 Å². The van der Waals surface area contributed by atoms with Crippen LogP contribution in [-0.2, 0) is 22.6 Å². The van der Waals surface area contributed by atoms with E-state index in [2.05, 4.69) is 11.4 Å². The van der Waals surface area contributed by atoms with Gasteiger partial charge in [-0.25, -0.2) is 4.79 Å². The van der Waals surface area contributed by atoms with E-state index in [1.54, 1.807) is 17.4 Å². The predicted octanol–water partition coefficient (Wildman–Crippen LogP) is 3.61. The lowest BCUT2D eigenvalue weighted by molar-refractivity contribution is -0.131. The van der Waals surface area contributed by atoms with Crippen molar-refractivity contribution in [3.63, 3.8) is 0 Å². The summed E-state index contributed by atoms with van der Waals surface area (Å²) in [4.78, 5) is 11.9. The van der Waals surface area contributed by atoms with E-state index in [-0.39, 0.29) is 0 Å². The van der Waals surface area contributed by atoms with E-state index >= 15 is 0 Å². The van der Waals surface area contributed by atoms with Gasteiger partial charge in [-0.05, 0) is 28.6 Å². The molecule has 0 radical (unpaired) electrons. The van der Waals surface area contributed by atoms with Gasteiger partial charge >= 0.3 is 5.97 Å². The monoisotopic (exact) mass is 288 g/mol. The molecule has 104 valence electrons. The Balaban J connectivity index is 1.87. The van der Waals surface area contributed by atoms with Crippen LogP contribution < -0.4 is 0 Å². The van der Waals surface area contributed by atoms with Gasteiger partial charge in [0.15, 0.2) is 0 Å². The molecule has 1 N–H and O–H groups in total. The fourth-order valence-corrected chi connectivity index (χ4v) is 2.49. The molecule has 0 aliphatic carbocycles. The molecule has 0 bridgehead atoms. The second-order valence-electron chi connectivity index (χ2n) is 4.25. The van der Waals surface area contributed by atoms with Gasteiger partial charge in [-0.1, -0.05) is 30.3 Å². The van der Waals surface area contributed by atoms with Gasteiger partial charge in [-0.2, -0.15) is 0 Å². The molecule has 0 aliphatic rings. The molecular weight excluding hydrogens is 272 g/mol. The van der Waals surface area contributed by atoms with Crippen LogP contribution in [0.5, 0.6) is 0 Å². The van der Waals surface area contributed by atoms with E-state index < -0.39 is 5.97 Å². The van der Waals surface area contributed by atoms with Gasteiger partial charge in [0, 0.05) is 17.4 Å². The SMILES string of the molecule is O=C(O)C=Cc1ccccc1COCCc1cccs1. The highest BCUT2D eigenvalue weighted by Crippen LogP contribution is 2.13. The highest BCUT2D eigenvalue weighted by molar-refractivity contribution is 7.09. The summed E-state index contributed by atoms with van der Waals surface area (Å²) in [6.45, 7) is 1.16. The van der Waals surface area contributed by atoms with Crippen molar-refractivity contribution in [3.8, 4) is 0 Å². The minimum absolute atomic E-state index is 0.492. The van der Waals surface area contributed by atoms with Crippen LogP contribution in [0.1, 0.15) is 16.0 Å². The third kappa shape index (κ3) is 4.64. The van der Waals surface area contributed by atoms with E-state index in [0.29, 0.717) is 13.2 Å². The van der Waals surface area contributed by atoms with Crippen molar-refractivity contribution in [2.75, 3.05) is 6.61 Å².